The first-order valence-corrected chi connectivity index (χ1v) is 27.4. The minimum Gasteiger partial charge on any atom is -0.462 e. The predicted octanol–water partition coefficient (Wildman–Crippen LogP) is 17.8. The number of esters is 3. The number of hydrogen-bond donors (Lipinski definition) is 0. The van der Waals surface area contributed by atoms with E-state index < -0.39 is 6.10 Å². The second-order valence-corrected chi connectivity index (χ2v) is 19.1. The molecule has 0 saturated heterocycles. The van der Waals surface area contributed by atoms with E-state index in [0.717, 1.165) is 63.7 Å². The zero-order valence-electron chi connectivity index (χ0n) is 41.6. The molecule has 0 aromatic carbocycles. The fourth-order valence-corrected chi connectivity index (χ4v) is 8.36. The Morgan fingerprint density at radius 3 is 0.852 bits per heavy atom. The third-order valence-corrected chi connectivity index (χ3v) is 12.9. The van der Waals surface area contributed by atoms with Gasteiger partial charge in [0.2, 0.25) is 0 Å². The molecular formula is C55H106O6. The van der Waals surface area contributed by atoms with Crippen molar-refractivity contribution in [3.8, 4) is 0 Å². The summed E-state index contributed by atoms with van der Waals surface area (Å²) in [5.41, 5.74) is 0. The highest BCUT2D eigenvalue weighted by Crippen LogP contribution is 2.18. The highest BCUT2D eigenvalue weighted by Gasteiger charge is 2.19. The summed E-state index contributed by atoms with van der Waals surface area (Å²) in [5.74, 6) is 0.0560. The molecule has 0 aromatic heterocycles. The number of unbranched alkanes of at least 4 members (excludes halogenated alkanes) is 36. The van der Waals surface area contributed by atoms with Crippen LogP contribution in [-0.4, -0.2) is 37.2 Å². The van der Waals surface area contributed by atoms with Crippen LogP contribution in [0.25, 0.3) is 0 Å². The average Bonchev–Trinajstić information content (AvgIpc) is 3.26. The normalized spacial score (nSPS) is 12.4. The molecule has 6 heteroatoms. The molecule has 0 radical (unpaired) electrons. The van der Waals surface area contributed by atoms with Crippen LogP contribution in [0.5, 0.6) is 0 Å². The van der Waals surface area contributed by atoms with E-state index in [4.69, 9.17) is 14.2 Å². The van der Waals surface area contributed by atoms with Gasteiger partial charge in [0.25, 0.3) is 0 Å². The van der Waals surface area contributed by atoms with Crippen molar-refractivity contribution in [2.24, 2.45) is 5.92 Å². The van der Waals surface area contributed by atoms with E-state index in [-0.39, 0.29) is 31.1 Å². The van der Waals surface area contributed by atoms with Crippen LogP contribution >= 0.6 is 0 Å². The number of carbonyl (C=O) groups excluding carboxylic acids is 3. The molecule has 0 aliphatic rings. The van der Waals surface area contributed by atoms with Gasteiger partial charge >= 0.3 is 17.9 Å². The van der Waals surface area contributed by atoms with Crippen LogP contribution in [0.4, 0.5) is 0 Å². The lowest BCUT2D eigenvalue weighted by atomic mass is 9.99. The van der Waals surface area contributed by atoms with Crippen molar-refractivity contribution < 1.29 is 28.6 Å². The van der Waals surface area contributed by atoms with Crippen molar-refractivity contribution in [2.45, 2.75) is 316 Å². The molecule has 0 fully saturated rings. The maximum Gasteiger partial charge on any atom is 0.306 e. The summed E-state index contributed by atoms with van der Waals surface area (Å²) >= 11 is 0. The van der Waals surface area contributed by atoms with Crippen molar-refractivity contribution in [1.29, 1.82) is 0 Å². The number of ether oxygens (including phenoxy) is 3. The number of carbonyl (C=O) groups is 3. The van der Waals surface area contributed by atoms with Gasteiger partial charge in [-0.3, -0.25) is 14.4 Å². The summed E-state index contributed by atoms with van der Waals surface area (Å²) in [6, 6.07) is 0. The molecule has 61 heavy (non-hydrogen) atoms. The minimum absolute atomic E-state index is 0.0622. The molecule has 0 rings (SSSR count). The summed E-state index contributed by atoms with van der Waals surface area (Å²) in [6.45, 7) is 9.08. The highest BCUT2D eigenvalue weighted by atomic mass is 16.6. The first-order valence-electron chi connectivity index (χ1n) is 27.4. The number of rotatable bonds is 50. The van der Waals surface area contributed by atoms with Crippen molar-refractivity contribution in [3.63, 3.8) is 0 Å². The minimum atomic E-state index is -0.760. The Morgan fingerprint density at radius 1 is 0.328 bits per heavy atom. The fraction of sp³-hybridized carbons (Fsp3) is 0.945. The number of hydrogen-bond acceptors (Lipinski definition) is 6. The monoisotopic (exact) mass is 863 g/mol. The fourth-order valence-electron chi connectivity index (χ4n) is 8.36. The lowest BCUT2D eigenvalue weighted by Crippen LogP contribution is -2.30. The third kappa shape index (κ3) is 47.7. The molecule has 362 valence electrons. The van der Waals surface area contributed by atoms with E-state index in [1.807, 2.05) is 0 Å². The maximum atomic E-state index is 12.8. The molecule has 0 N–H and O–H groups in total. The Hall–Kier alpha value is -1.59. The second-order valence-electron chi connectivity index (χ2n) is 19.1. The lowest BCUT2D eigenvalue weighted by Gasteiger charge is -2.18. The molecule has 0 aromatic rings. The van der Waals surface area contributed by atoms with Gasteiger partial charge in [-0.2, -0.15) is 0 Å². The van der Waals surface area contributed by atoms with Gasteiger partial charge in [0.05, 0.1) is 0 Å². The van der Waals surface area contributed by atoms with Gasteiger partial charge in [-0.1, -0.05) is 272 Å². The first kappa shape index (κ1) is 59.4. The molecule has 6 nitrogen and oxygen atoms in total. The first-order chi connectivity index (χ1) is 29.9. The molecule has 0 heterocycles. The third-order valence-electron chi connectivity index (χ3n) is 12.9. The van der Waals surface area contributed by atoms with Gasteiger partial charge in [0.1, 0.15) is 13.2 Å². The van der Waals surface area contributed by atoms with Crippen LogP contribution in [0.15, 0.2) is 0 Å². The SMILES string of the molecule is CCCCCCCCCCCCCCCC(=O)O[C@@H](COC(=O)CCCCCCCCCCCCCC)COC(=O)CCCCCCCCCCCCCCCCC(C)CC. The van der Waals surface area contributed by atoms with E-state index in [1.54, 1.807) is 0 Å². The van der Waals surface area contributed by atoms with Crippen LogP contribution in [0.2, 0.25) is 0 Å². The topological polar surface area (TPSA) is 78.9 Å². The van der Waals surface area contributed by atoms with Crippen molar-refractivity contribution in [1.82, 2.24) is 0 Å². The predicted molar refractivity (Wildman–Crippen MR) is 261 cm³/mol. The zero-order valence-corrected chi connectivity index (χ0v) is 41.6. The van der Waals surface area contributed by atoms with Crippen molar-refractivity contribution in [3.05, 3.63) is 0 Å². The second kappa shape index (κ2) is 49.4. The molecule has 0 bridgehead atoms. The van der Waals surface area contributed by atoms with Crippen LogP contribution in [0.1, 0.15) is 310 Å². The molecular weight excluding hydrogens is 757 g/mol. The van der Waals surface area contributed by atoms with Crippen LogP contribution in [-0.2, 0) is 28.6 Å². The Kier molecular flexibility index (Phi) is 48.1. The van der Waals surface area contributed by atoms with Crippen molar-refractivity contribution in [2.75, 3.05) is 13.2 Å². The molecule has 1 unspecified atom stereocenters. The summed E-state index contributed by atoms with van der Waals surface area (Å²) in [6.07, 6.45) is 52.2. The molecule has 0 amide bonds. The highest BCUT2D eigenvalue weighted by molar-refractivity contribution is 5.71. The Balaban J connectivity index is 4.27. The zero-order chi connectivity index (χ0) is 44.5. The van der Waals surface area contributed by atoms with Gasteiger partial charge in [-0.25, -0.2) is 0 Å². The Morgan fingerprint density at radius 2 is 0.574 bits per heavy atom. The van der Waals surface area contributed by atoms with Crippen molar-refractivity contribution >= 4 is 17.9 Å². The molecule has 0 spiro atoms. The molecule has 0 aliphatic carbocycles. The summed E-state index contributed by atoms with van der Waals surface area (Å²) in [5, 5.41) is 0. The summed E-state index contributed by atoms with van der Waals surface area (Å²) in [4.78, 5) is 38.0. The smallest absolute Gasteiger partial charge is 0.306 e. The van der Waals surface area contributed by atoms with Gasteiger partial charge in [0, 0.05) is 19.3 Å². The largest absolute Gasteiger partial charge is 0.462 e. The average molecular weight is 863 g/mol. The Labute approximate surface area is 380 Å². The van der Waals surface area contributed by atoms with Crippen LogP contribution in [0.3, 0.4) is 0 Å². The standard InChI is InChI=1S/C55H106O6/c1-5-8-10-12-14-16-18-22-28-32-36-40-44-48-55(58)61-52(49-59-53(56)46-42-38-34-30-26-19-17-15-13-11-9-6-2)50-60-54(57)47-43-39-35-31-27-24-21-20-23-25-29-33-37-41-45-51(4)7-3/h51-52H,5-50H2,1-4H3/t51?,52-/m0/s1. The van der Waals surface area contributed by atoms with Crippen LogP contribution < -0.4 is 0 Å². The van der Waals surface area contributed by atoms with E-state index in [1.165, 1.54) is 205 Å². The molecule has 2 atom stereocenters. The molecule has 0 aliphatic heterocycles. The van der Waals surface area contributed by atoms with Gasteiger partial charge in [0.15, 0.2) is 6.10 Å². The molecule has 0 saturated carbocycles. The van der Waals surface area contributed by atoms with E-state index in [0.29, 0.717) is 19.3 Å². The van der Waals surface area contributed by atoms with Gasteiger partial charge in [-0.15, -0.1) is 0 Å². The van der Waals surface area contributed by atoms with Crippen LogP contribution in [0, 0.1) is 5.92 Å². The van der Waals surface area contributed by atoms with E-state index in [9.17, 15) is 14.4 Å². The quantitative estimate of drug-likeness (QED) is 0.0344. The summed E-state index contributed by atoms with van der Waals surface area (Å²) in [7, 11) is 0. The summed E-state index contributed by atoms with van der Waals surface area (Å²) < 4.78 is 16.8. The van der Waals surface area contributed by atoms with Gasteiger partial charge < -0.3 is 14.2 Å². The lowest BCUT2D eigenvalue weighted by molar-refractivity contribution is -0.167. The van der Waals surface area contributed by atoms with Gasteiger partial charge in [-0.05, 0) is 25.2 Å². The Bertz CT molecular complexity index is 920. The van der Waals surface area contributed by atoms with E-state index >= 15 is 0 Å². The maximum absolute atomic E-state index is 12.8. The van der Waals surface area contributed by atoms with E-state index in [2.05, 4.69) is 27.7 Å².